The number of aromatic nitrogens is 3. The number of H-pyrrole nitrogens is 1. The molecule has 0 saturated carbocycles. The van der Waals surface area contributed by atoms with Crippen LogP contribution in [0.5, 0.6) is 11.5 Å². The third-order valence-electron chi connectivity index (χ3n) is 3.99. The number of nitrogens with one attached hydrogen (secondary N) is 2. The third-order valence-corrected chi connectivity index (χ3v) is 3.99. The van der Waals surface area contributed by atoms with Crippen LogP contribution in [0.2, 0.25) is 0 Å². The minimum atomic E-state index is -0.448. The Balaban J connectivity index is 1.49. The number of hydrogen-bond donors (Lipinski definition) is 2. The van der Waals surface area contributed by atoms with Crippen LogP contribution in [0, 0.1) is 5.92 Å². The lowest BCUT2D eigenvalue weighted by molar-refractivity contribution is -0.122. The molecule has 124 valence electrons. The van der Waals surface area contributed by atoms with Crippen molar-refractivity contribution in [3.8, 4) is 11.5 Å². The van der Waals surface area contributed by atoms with Crippen LogP contribution >= 0.6 is 0 Å². The van der Waals surface area contributed by atoms with Crippen molar-refractivity contribution < 1.29 is 19.1 Å². The fraction of sp³-hybridized carbons (Fsp3) is 0.333. The van der Waals surface area contributed by atoms with E-state index < -0.39 is 5.92 Å². The predicted octanol–water partition coefficient (Wildman–Crippen LogP) is 0.567. The quantitative estimate of drug-likeness (QED) is 0.852. The largest absolute Gasteiger partial charge is 0.486 e. The van der Waals surface area contributed by atoms with Crippen molar-refractivity contribution in [1.29, 1.82) is 0 Å². The molecule has 1 atom stereocenters. The maximum Gasteiger partial charge on any atom is 0.232 e. The van der Waals surface area contributed by atoms with Crippen LogP contribution in [0.15, 0.2) is 24.5 Å². The van der Waals surface area contributed by atoms with Gasteiger partial charge >= 0.3 is 0 Å². The Labute approximate surface area is 137 Å². The topological polar surface area (TPSA) is 109 Å². The van der Waals surface area contributed by atoms with Gasteiger partial charge in [-0.1, -0.05) is 0 Å². The molecule has 0 unspecified atom stereocenters. The summed E-state index contributed by atoms with van der Waals surface area (Å²) in [4.78, 5) is 30.0. The zero-order valence-electron chi connectivity index (χ0n) is 12.7. The molecule has 9 nitrogen and oxygen atoms in total. The van der Waals surface area contributed by atoms with Gasteiger partial charge in [-0.3, -0.25) is 14.9 Å². The van der Waals surface area contributed by atoms with Gasteiger partial charge in [0.05, 0.1) is 5.92 Å². The lowest BCUT2D eigenvalue weighted by atomic mass is 10.1. The number of fused-ring (bicyclic) bond motifs is 1. The van der Waals surface area contributed by atoms with Crippen molar-refractivity contribution in [2.75, 3.05) is 30.0 Å². The molecule has 2 aliphatic rings. The number of benzene rings is 1. The minimum Gasteiger partial charge on any atom is -0.486 e. The molecule has 0 bridgehead atoms. The summed E-state index contributed by atoms with van der Waals surface area (Å²) in [6, 6.07) is 5.34. The molecule has 3 heterocycles. The number of rotatable bonds is 3. The van der Waals surface area contributed by atoms with Crippen molar-refractivity contribution in [2.45, 2.75) is 6.42 Å². The Kier molecular flexibility index (Phi) is 3.52. The van der Waals surface area contributed by atoms with Gasteiger partial charge in [0.1, 0.15) is 19.5 Å². The summed E-state index contributed by atoms with van der Waals surface area (Å²) in [6.07, 6.45) is 1.45. The van der Waals surface area contributed by atoms with Gasteiger partial charge in [0.15, 0.2) is 11.5 Å². The third kappa shape index (κ3) is 2.64. The summed E-state index contributed by atoms with van der Waals surface area (Å²) in [5.41, 5.74) is 0.694. The van der Waals surface area contributed by atoms with Gasteiger partial charge in [-0.25, -0.2) is 5.10 Å². The number of hydrogen-bond acceptors (Lipinski definition) is 6. The fourth-order valence-corrected chi connectivity index (χ4v) is 2.82. The number of aromatic amines is 1. The Morgan fingerprint density at radius 3 is 2.92 bits per heavy atom. The lowest BCUT2D eigenvalue weighted by Crippen LogP contribution is -2.28. The normalized spacial score (nSPS) is 19.4. The van der Waals surface area contributed by atoms with Crippen LogP contribution in [-0.2, 0) is 9.59 Å². The molecular formula is C15H15N5O4. The van der Waals surface area contributed by atoms with E-state index in [-0.39, 0.29) is 24.2 Å². The number of anilines is 2. The van der Waals surface area contributed by atoms with Crippen molar-refractivity contribution >= 4 is 23.5 Å². The molecule has 2 amide bonds. The fourth-order valence-electron chi connectivity index (χ4n) is 2.82. The maximum atomic E-state index is 12.3. The van der Waals surface area contributed by atoms with E-state index in [1.54, 1.807) is 23.1 Å². The number of carbonyl (C=O) groups excluding carboxylic acids is 2. The summed E-state index contributed by atoms with van der Waals surface area (Å²) in [6.45, 7) is 1.30. The van der Waals surface area contributed by atoms with Gasteiger partial charge in [0.2, 0.25) is 17.8 Å². The first-order valence-electron chi connectivity index (χ1n) is 7.57. The second-order valence-corrected chi connectivity index (χ2v) is 5.56. The van der Waals surface area contributed by atoms with E-state index in [1.165, 1.54) is 6.33 Å². The molecule has 0 radical (unpaired) electrons. The van der Waals surface area contributed by atoms with E-state index in [1.807, 2.05) is 0 Å². The summed E-state index contributed by atoms with van der Waals surface area (Å²) in [5, 5.41) is 8.84. The van der Waals surface area contributed by atoms with Gasteiger partial charge in [-0.15, -0.1) is 0 Å². The summed E-state index contributed by atoms with van der Waals surface area (Å²) in [5.74, 6) is 0.725. The van der Waals surface area contributed by atoms with E-state index in [0.717, 1.165) is 0 Å². The van der Waals surface area contributed by atoms with E-state index >= 15 is 0 Å². The summed E-state index contributed by atoms with van der Waals surface area (Å²) >= 11 is 0. The van der Waals surface area contributed by atoms with E-state index in [0.29, 0.717) is 36.9 Å². The maximum absolute atomic E-state index is 12.3. The molecule has 1 aromatic carbocycles. The monoisotopic (exact) mass is 329 g/mol. The molecular weight excluding hydrogens is 314 g/mol. The minimum absolute atomic E-state index is 0.107. The second-order valence-electron chi connectivity index (χ2n) is 5.56. The first kappa shape index (κ1) is 14.5. The number of ether oxygens (including phenoxy) is 2. The predicted molar refractivity (Wildman–Crippen MR) is 82.9 cm³/mol. The highest BCUT2D eigenvalue weighted by Gasteiger charge is 2.35. The van der Waals surface area contributed by atoms with Gasteiger partial charge in [0, 0.05) is 24.7 Å². The van der Waals surface area contributed by atoms with Crippen molar-refractivity contribution in [2.24, 2.45) is 5.92 Å². The van der Waals surface area contributed by atoms with Crippen LogP contribution in [0.1, 0.15) is 6.42 Å². The highest BCUT2D eigenvalue weighted by molar-refractivity contribution is 6.03. The number of amides is 2. The van der Waals surface area contributed by atoms with E-state index in [2.05, 4.69) is 20.5 Å². The molecule has 1 fully saturated rings. The molecule has 0 aliphatic carbocycles. The smallest absolute Gasteiger partial charge is 0.232 e. The highest BCUT2D eigenvalue weighted by Crippen LogP contribution is 2.36. The van der Waals surface area contributed by atoms with Crippen LogP contribution in [-0.4, -0.2) is 46.8 Å². The molecule has 1 aromatic heterocycles. The first-order valence-corrected chi connectivity index (χ1v) is 7.57. The molecule has 2 aliphatic heterocycles. The average molecular weight is 329 g/mol. The van der Waals surface area contributed by atoms with Gasteiger partial charge in [-0.2, -0.15) is 10.1 Å². The van der Waals surface area contributed by atoms with E-state index in [4.69, 9.17) is 9.47 Å². The van der Waals surface area contributed by atoms with Crippen molar-refractivity contribution in [3.05, 3.63) is 24.5 Å². The SMILES string of the molecule is O=C(Nc1ncn[nH]1)[C@@H]1CC(=O)N(c2ccc3c(c2)OCCO3)C1. The van der Waals surface area contributed by atoms with Crippen LogP contribution in [0.3, 0.4) is 0 Å². The van der Waals surface area contributed by atoms with Crippen LogP contribution in [0.4, 0.5) is 11.6 Å². The Morgan fingerprint density at radius 1 is 1.29 bits per heavy atom. The van der Waals surface area contributed by atoms with Crippen LogP contribution in [0.25, 0.3) is 0 Å². The second kappa shape index (κ2) is 5.84. The standard InChI is InChI=1S/C15H15N5O4/c21-13-5-9(14(22)18-15-16-8-17-19-15)7-20(13)10-1-2-11-12(6-10)24-4-3-23-11/h1-2,6,8-9H,3-5,7H2,(H2,16,17,18,19,22)/t9-/m1/s1. The summed E-state index contributed by atoms with van der Waals surface area (Å²) < 4.78 is 11.0. The van der Waals surface area contributed by atoms with Crippen molar-refractivity contribution in [3.63, 3.8) is 0 Å². The first-order chi connectivity index (χ1) is 11.7. The number of nitrogens with zero attached hydrogens (tertiary/aromatic N) is 3. The molecule has 4 rings (SSSR count). The number of carbonyl (C=O) groups is 2. The van der Waals surface area contributed by atoms with Crippen molar-refractivity contribution in [1.82, 2.24) is 15.2 Å². The molecule has 1 saturated heterocycles. The van der Waals surface area contributed by atoms with Gasteiger partial charge in [0.25, 0.3) is 0 Å². The zero-order valence-corrected chi connectivity index (χ0v) is 12.7. The molecule has 2 N–H and O–H groups in total. The van der Waals surface area contributed by atoms with Gasteiger partial charge < -0.3 is 14.4 Å². The Hall–Kier alpha value is -3.10. The van der Waals surface area contributed by atoms with Crippen LogP contribution < -0.4 is 19.7 Å². The molecule has 2 aromatic rings. The highest BCUT2D eigenvalue weighted by atomic mass is 16.6. The molecule has 9 heteroatoms. The summed E-state index contributed by atoms with van der Waals surface area (Å²) in [7, 11) is 0. The average Bonchev–Trinajstić information content (AvgIpc) is 3.24. The zero-order chi connectivity index (χ0) is 16.5. The Bertz CT molecular complexity index is 776. The Morgan fingerprint density at radius 2 is 2.12 bits per heavy atom. The lowest BCUT2D eigenvalue weighted by Gasteiger charge is -2.22. The molecule has 24 heavy (non-hydrogen) atoms. The molecule has 0 spiro atoms. The van der Waals surface area contributed by atoms with E-state index in [9.17, 15) is 9.59 Å². The van der Waals surface area contributed by atoms with Gasteiger partial charge in [-0.05, 0) is 12.1 Å².